The average Bonchev–Trinajstić information content (AvgIpc) is 2.99. The zero-order chi connectivity index (χ0) is 30.1. The first-order valence-electron chi connectivity index (χ1n) is 14.6. The van der Waals surface area contributed by atoms with E-state index >= 15 is 0 Å². The van der Waals surface area contributed by atoms with Crippen LogP contribution in [0.3, 0.4) is 0 Å². The van der Waals surface area contributed by atoms with Gasteiger partial charge in [0.1, 0.15) is 12.6 Å². The molecule has 42 heavy (non-hydrogen) atoms. The van der Waals surface area contributed by atoms with E-state index in [4.69, 9.17) is 0 Å². The number of anilines is 1. The lowest BCUT2D eigenvalue weighted by molar-refractivity contribution is -0.140. The number of hydrogen-bond donors (Lipinski definition) is 1. The first kappa shape index (κ1) is 31.3. The summed E-state index contributed by atoms with van der Waals surface area (Å²) < 4.78 is 29.1. The lowest BCUT2D eigenvalue weighted by Crippen LogP contribution is -2.55. The van der Waals surface area contributed by atoms with E-state index in [0.29, 0.717) is 12.1 Å². The molecule has 1 fully saturated rings. The van der Waals surface area contributed by atoms with E-state index in [1.807, 2.05) is 61.5 Å². The Bertz CT molecular complexity index is 1420. The van der Waals surface area contributed by atoms with Gasteiger partial charge in [-0.25, -0.2) is 4.31 Å². The number of nitrogens with zero attached hydrogens (tertiary/aromatic N) is 3. The molecular weight excluding hydrogens is 548 g/mol. The predicted molar refractivity (Wildman–Crippen MR) is 167 cm³/mol. The Labute approximate surface area is 250 Å². The SMILES string of the molecule is Cc1ccccc1CN(C(=O)CN(c1ccccc1)S(=O)(=O)N(C)C)[C@H](Cc1ccccc1)C(=O)NC1CCCCC1. The fraction of sp³-hybridized carbons (Fsp3) is 0.394. The second-order valence-corrected chi connectivity index (χ2v) is 13.2. The number of nitrogens with one attached hydrogen (secondary N) is 1. The Morgan fingerprint density at radius 2 is 1.45 bits per heavy atom. The average molecular weight is 591 g/mol. The van der Waals surface area contributed by atoms with Gasteiger partial charge in [-0.1, -0.05) is 92.1 Å². The van der Waals surface area contributed by atoms with Gasteiger partial charge in [-0.2, -0.15) is 12.7 Å². The van der Waals surface area contributed by atoms with Crippen LogP contribution in [0.5, 0.6) is 0 Å². The number of carbonyl (C=O) groups is 2. The van der Waals surface area contributed by atoms with Gasteiger partial charge < -0.3 is 10.2 Å². The molecule has 0 bridgehead atoms. The molecule has 0 unspecified atom stereocenters. The van der Waals surface area contributed by atoms with Gasteiger partial charge in [0, 0.05) is 33.1 Å². The van der Waals surface area contributed by atoms with Crippen molar-refractivity contribution in [2.75, 3.05) is 24.9 Å². The third-order valence-corrected chi connectivity index (χ3v) is 9.71. The van der Waals surface area contributed by atoms with Crippen LogP contribution in [0.25, 0.3) is 0 Å². The maximum atomic E-state index is 14.4. The number of aryl methyl sites for hydroxylation is 1. The fourth-order valence-electron chi connectivity index (χ4n) is 5.38. The van der Waals surface area contributed by atoms with Crippen molar-refractivity contribution in [1.82, 2.24) is 14.5 Å². The van der Waals surface area contributed by atoms with Crippen LogP contribution in [0, 0.1) is 6.92 Å². The summed E-state index contributed by atoms with van der Waals surface area (Å²) in [7, 11) is -1.13. The molecule has 1 aliphatic rings. The fourth-order valence-corrected chi connectivity index (χ4v) is 6.44. The molecule has 3 aromatic carbocycles. The van der Waals surface area contributed by atoms with E-state index in [1.54, 1.807) is 35.2 Å². The minimum Gasteiger partial charge on any atom is -0.352 e. The minimum atomic E-state index is -4.01. The van der Waals surface area contributed by atoms with Crippen LogP contribution in [0.1, 0.15) is 48.8 Å². The normalized spacial score (nSPS) is 14.8. The van der Waals surface area contributed by atoms with Crippen LogP contribution >= 0.6 is 0 Å². The smallest absolute Gasteiger partial charge is 0.304 e. The van der Waals surface area contributed by atoms with Crippen LogP contribution in [0.4, 0.5) is 5.69 Å². The van der Waals surface area contributed by atoms with Gasteiger partial charge >= 0.3 is 10.2 Å². The maximum Gasteiger partial charge on any atom is 0.304 e. The van der Waals surface area contributed by atoms with Gasteiger partial charge in [-0.05, 0) is 48.6 Å². The molecule has 1 saturated carbocycles. The van der Waals surface area contributed by atoms with Crippen molar-refractivity contribution in [3.05, 3.63) is 102 Å². The lowest BCUT2D eigenvalue weighted by atomic mass is 9.94. The number of carbonyl (C=O) groups excluding carboxylic acids is 2. The third kappa shape index (κ3) is 7.98. The molecule has 1 N–H and O–H groups in total. The Morgan fingerprint density at radius 3 is 2.07 bits per heavy atom. The quantitative estimate of drug-likeness (QED) is 0.331. The van der Waals surface area contributed by atoms with E-state index in [1.165, 1.54) is 14.1 Å². The van der Waals surface area contributed by atoms with E-state index in [2.05, 4.69) is 5.32 Å². The van der Waals surface area contributed by atoms with Crippen molar-refractivity contribution in [3.63, 3.8) is 0 Å². The summed E-state index contributed by atoms with van der Waals surface area (Å²) in [5.74, 6) is -0.665. The van der Waals surface area contributed by atoms with Crippen LogP contribution < -0.4 is 9.62 Å². The van der Waals surface area contributed by atoms with Gasteiger partial charge in [0.2, 0.25) is 11.8 Å². The van der Waals surface area contributed by atoms with Gasteiger partial charge in [0.25, 0.3) is 0 Å². The van der Waals surface area contributed by atoms with Crippen LogP contribution in [0.2, 0.25) is 0 Å². The van der Waals surface area contributed by atoms with Crippen molar-refractivity contribution in [1.29, 1.82) is 0 Å². The summed E-state index contributed by atoms with van der Waals surface area (Å²) in [6.07, 6.45) is 5.43. The first-order chi connectivity index (χ1) is 20.2. The highest BCUT2D eigenvalue weighted by molar-refractivity contribution is 7.90. The lowest BCUT2D eigenvalue weighted by Gasteiger charge is -2.35. The summed E-state index contributed by atoms with van der Waals surface area (Å²) in [5.41, 5.74) is 3.18. The van der Waals surface area contributed by atoms with E-state index in [0.717, 1.165) is 57.4 Å². The first-order valence-corrected chi connectivity index (χ1v) is 16.0. The summed E-state index contributed by atoms with van der Waals surface area (Å²) in [6, 6.07) is 25.2. The predicted octanol–water partition coefficient (Wildman–Crippen LogP) is 4.70. The highest BCUT2D eigenvalue weighted by atomic mass is 32.2. The Hall–Kier alpha value is -3.69. The topological polar surface area (TPSA) is 90.0 Å². The molecule has 0 radical (unpaired) electrons. The number of amides is 2. The molecule has 1 atom stereocenters. The van der Waals surface area contributed by atoms with Crippen molar-refractivity contribution < 1.29 is 18.0 Å². The van der Waals surface area contributed by atoms with Gasteiger partial charge in [0.15, 0.2) is 0 Å². The molecule has 3 aromatic rings. The highest BCUT2D eigenvalue weighted by Gasteiger charge is 2.35. The molecule has 2 amide bonds. The molecule has 0 aliphatic heterocycles. The van der Waals surface area contributed by atoms with E-state index in [9.17, 15) is 18.0 Å². The summed E-state index contributed by atoms with van der Waals surface area (Å²) in [5, 5.41) is 3.24. The van der Waals surface area contributed by atoms with Gasteiger partial charge in [-0.3, -0.25) is 9.59 Å². The Balaban J connectivity index is 1.75. The standard InChI is InChI=1S/C33H42N4O4S/c1-26-15-13-14-18-28(26)24-36(32(38)25-37(42(40,41)35(2)3)30-21-11-6-12-22-30)31(23-27-16-7-4-8-17-27)33(39)34-29-19-9-5-10-20-29/h4,6-8,11-18,21-22,29,31H,5,9-10,19-20,23-25H2,1-3H3,(H,34,39)/t31-/m1/s1. The van der Waals surface area contributed by atoms with Crippen molar-refractivity contribution in [2.45, 2.75) is 64.1 Å². The second kappa shape index (κ2) is 14.5. The van der Waals surface area contributed by atoms with Gasteiger partial charge in [-0.15, -0.1) is 0 Å². The van der Waals surface area contributed by atoms with Crippen LogP contribution in [-0.2, 0) is 32.8 Å². The highest BCUT2D eigenvalue weighted by Crippen LogP contribution is 2.23. The number of para-hydroxylation sites is 1. The molecule has 0 saturated heterocycles. The van der Waals surface area contributed by atoms with Gasteiger partial charge in [0.05, 0.1) is 5.69 Å². The number of hydrogen-bond acceptors (Lipinski definition) is 4. The largest absolute Gasteiger partial charge is 0.352 e. The molecule has 224 valence electrons. The second-order valence-electron chi connectivity index (χ2n) is 11.1. The molecule has 0 heterocycles. The summed E-state index contributed by atoms with van der Waals surface area (Å²) in [6.45, 7) is 1.70. The molecular formula is C33H42N4O4S. The minimum absolute atomic E-state index is 0.0647. The van der Waals surface area contributed by atoms with Crippen molar-refractivity contribution >= 4 is 27.7 Å². The van der Waals surface area contributed by atoms with Crippen molar-refractivity contribution in [2.24, 2.45) is 0 Å². The molecule has 1 aliphatic carbocycles. The molecule has 4 rings (SSSR count). The number of rotatable bonds is 12. The monoisotopic (exact) mass is 590 g/mol. The summed E-state index contributed by atoms with van der Waals surface area (Å²) in [4.78, 5) is 30.0. The van der Waals surface area contributed by atoms with E-state index in [-0.39, 0.29) is 18.5 Å². The third-order valence-electron chi connectivity index (χ3n) is 7.89. The van der Waals surface area contributed by atoms with Crippen LogP contribution in [0.15, 0.2) is 84.9 Å². The maximum absolute atomic E-state index is 14.4. The summed E-state index contributed by atoms with van der Waals surface area (Å²) >= 11 is 0. The van der Waals surface area contributed by atoms with Crippen molar-refractivity contribution in [3.8, 4) is 0 Å². The Morgan fingerprint density at radius 1 is 0.857 bits per heavy atom. The molecule has 0 aromatic heterocycles. The van der Waals surface area contributed by atoms with E-state index < -0.39 is 28.7 Å². The molecule has 8 nitrogen and oxygen atoms in total. The Kier molecular flexibility index (Phi) is 10.8. The number of benzene rings is 3. The van der Waals surface area contributed by atoms with Crippen LogP contribution in [-0.4, -0.2) is 62.2 Å². The zero-order valence-corrected chi connectivity index (χ0v) is 25.6. The molecule has 9 heteroatoms. The molecule has 0 spiro atoms. The zero-order valence-electron chi connectivity index (χ0n) is 24.8.